The van der Waals surface area contributed by atoms with Crippen molar-refractivity contribution in [2.24, 2.45) is 0 Å². The van der Waals surface area contributed by atoms with Crippen molar-refractivity contribution in [2.75, 3.05) is 18.5 Å². The van der Waals surface area contributed by atoms with Crippen molar-refractivity contribution in [1.29, 1.82) is 0 Å². The van der Waals surface area contributed by atoms with Gasteiger partial charge >= 0.3 is 12.1 Å². The summed E-state index contributed by atoms with van der Waals surface area (Å²) in [6.45, 7) is -1.13. The zero-order valence-corrected chi connectivity index (χ0v) is 9.51. The van der Waals surface area contributed by atoms with E-state index in [1.807, 2.05) is 0 Å². The molecule has 0 aliphatic carbocycles. The molecule has 1 aromatic carbocycles. The molecule has 0 spiro atoms. The van der Waals surface area contributed by atoms with Gasteiger partial charge in [0.25, 0.3) is 0 Å². The molecule has 0 saturated heterocycles. The van der Waals surface area contributed by atoms with Crippen LogP contribution in [0.3, 0.4) is 0 Å². The lowest BCUT2D eigenvalue weighted by atomic mass is 10.2. The van der Waals surface area contributed by atoms with Crippen molar-refractivity contribution in [3.05, 3.63) is 28.8 Å². The highest BCUT2D eigenvalue weighted by molar-refractivity contribution is 6.33. The summed E-state index contributed by atoms with van der Waals surface area (Å²) in [5.74, 6) is -1.22. The molecule has 0 aliphatic rings. The molecule has 0 bridgehead atoms. The Labute approximate surface area is 100 Å². The van der Waals surface area contributed by atoms with E-state index < -0.39 is 18.7 Å². The van der Waals surface area contributed by atoms with Gasteiger partial charge in [0.05, 0.1) is 10.6 Å². The van der Waals surface area contributed by atoms with Crippen molar-refractivity contribution in [3.63, 3.8) is 0 Å². The van der Waals surface area contributed by atoms with Crippen LogP contribution >= 0.6 is 11.6 Å². The third kappa shape index (κ3) is 3.81. The topological polar surface area (TPSA) is 40.5 Å². The van der Waals surface area contributed by atoms with Gasteiger partial charge in [0.15, 0.2) is 0 Å². The lowest BCUT2D eigenvalue weighted by molar-refractivity contribution is -0.119. The van der Waals surface area contributed by atoms with Gasteiger partial charge in [0.1, 0.15) is 6.54 Å². The highest BCUT2D eigenvalue weighted by Crippen LogP contribution is 2.25. The van der Waals surface area contributed by atoms with Crippen LogP contribution in [-0.4, -0.2) is 30.8 Å². The Hall–Kier alpha value is -1.43. The highest BCUT2D eigenvalue weighted by Gasteiger charge is 2.29. The van der Waals surface area contributed by atoms with Gasteiger partial charge in [0.2, 0.25) is 0 Å². The van der Waals surface area contributed by atoms with E-state index in [0.717, 1.165) is 4.90 Å². The summed E-state index contributed by atoms with van der Waals surface area (Å²) in [5, 5.41) is 8.61. The third-order valence-electron chi connectivity index (χ3n) is 2.04. The third-order valence-corrected chi connectivity index (χ3v) is 2.35. The summed E-state index contributed by atoms with van der Waals surface area (Å²) in [4.78, 5) is 11.6. The molecule has 0 aromatic heterocycles. The number of rotatable bonds is 3. The van der Waals surface area contributed by atoms with Crippen molar-refractivity contribution in [1.82, 2.24) is 0 Å². The van der Waals surface area contributed by atoms with E-state index in [4.69, 9.17) is 16.7 Å². The molecule has 0 amide bonds. The molecule has 0 aliphatic heterocycles. The predicted molar refractivity (Wildman–Crippen MR) is 57.7 cm³/mol. The van der Waals surface area contributed by atoms with Gasteiger partial charge in [-0.25, -0.2) is 4.79 Å². The van der Waals surface area contributed by atoms with Crippen LogP contribution in [0.4, 0.5) is 18.9 Å². The Morgan fingerprint density at radius 3 is 2.47 bits per heavy atom. The van der Waals surface area contributed by atoms with Gasteiger partial charge in [-0.05, 0) is 18.2 Å². The molecule has 0 atom stereocenters. The fourth-order valence-corrected chi connectivity index (χ4v) is 1.53. The van der Waals surface area contributed by atoms with Crippen molar-refractivity contribution in [3.8, 4) is 0 Å². The smallest absolute Gasteiger partial charge is 0.405 e. The Kier molecular flexibility index (Phi) is 3.87. The molecule has 0 radical (unpaired) electrons. The number of carboxylic acids is 1. The number of hydrogen-bond donors (Lipinski definition) is 1. The predicted octanol–water partition coefficient (Wildman–Crippen LogP) is 3.04. The van der Waals surface area contributed by atoms with E-state index in [0.29, 0.717) is 0 Å². The van der Waals surface area contributed by atoms with Crippen molar-refractivity contribution < 1.29 is 23.1 Å². The van der Waals surface area contributed by atoms with Crippen molar-refractivity contribution >= 4 is 23.3 Å². The zero-order valence-electron chi connectivity index (χ0n) is 8.75. The molecule has 1 N–H and O–H groups in total. The largest absolute Gasteiger partial charge is 0.478 e. The molecule has 94 valence electrons. The van der Waals surface area contributed by atoms with Crippen LogP contribution in [-0.2, 0) is 0 Å². The van der Waals surface area contributed by atoms with Gasteiger partial charge in [-0.1, -0.05) is 11.6 Å². The maximum absolute atomic E-state index is 12.1. The first-order chi connectivity index (χ1) is 7.70. The average Bonchev–Trinajstić information content (AvgIpc) is 2.14. The van der Waals surface area contributed by atoms with Crippen LogP contribution in [0.5, 0.6) is 0 Å². The number of carboxylic acid groups (broad SMARTS) is 1. The lowest BCUT2D eigenvalue weighted by Gasteiger charge is -2.21. The van der Waals surface area contributed by atoms with Crippen LogP contribution in [0, 0.1) is 0 Å². The van der Waals surface area contributed by atoms with Gasteiger partial charge in [0, 0.05) is 12.7 Å². The normalized spacial score (nSPS) is 11.4. The Morgan fingerprint density at radius 1 is 1.47 bits per heavy atom. The quantitative estimate of drug-likeness (QED) is 0.915. The molecule has 0 heterocycles. The maximum atomic E-state index is 12.1. The highest BCUT2D eigenvalue weighted by atomic mass is 35.5. The Bertz CT molecular complexity index is 434. The van der Waals surface area contributed by atoms with E-state index in [2.05, 4.69) is 0 Å². The number of halogens is 4. The molecular formula is C10H9ClF3NO2. The minimum Gasteiger partial charge on any atom is -0.478 e. The van der Waals surface area contributed by atoms with Crippen molar-refractivity contribution in [2.45, 2.75) is 6.18 Å². The van der Waals surface area contributed by atoms with Crippen LogP contribution < -0.4 is 4.90 Å². The van der Waals surface area contributed by atoms with Gasteiger partial charge < -0.3 is 10.0 Å². The second-order valence-corrected chi connectivity index (χ2v) is 3.85. The van der Waals surface area contributed by atoms with E-state index in [1.165, 1.54) is 25.2 Å². The number of aromatic carboxylic acids is 1. The number of anilines is 1. The van der Waals surface area contributed by atoms with Crippen LogP contribution in [0.2, 0.25) is 5.02 Å². The summed E-state index contributed by atoms with van der Waals surface area (Å²) in [5.41, 5.74) is 0.0631. The second kappa shape index (κ2) is 4.83. The monoisotopic (exact) mass is 267 g/mol. The zero-order chi connectivity index (χ0) is 13.2. The first kappa shape index (κ1) is 13.6. The van der Waals surface area contributed by atoms with E-state index in [-0.39, 0.29) is 16.3 Å². The van der Waals surface area contributed by atoms with Crippen LogP contribution in [0.25, 0.3) is 0 Å². The number of carbonyl (C=O) groups is 1. The summed E-state index contributed by atoms with van der Waals surface area (Å²) in [6.07, 6.45) is -4.33. The summed E-state index contributed by atoms with van der Waals surface area (Å²) < 4.78 is 36.4. The number of alkyl halides is 3. The molecule has 7 heteroatoms. The summed E-state index contributed by atoms with van der Waals surface area (Å²) >= 11 is 5.65. The maximum Gasteiger partial charge on any atom is 0.405 e. The Morgan fingerprint density at radius 2 is 2.06 bits per heavy atom. The van der Waals surface area contributed by atoms with E-state index in [9.17, 15) is 18.0 Å². The molecule has 1 aromatic rings. The van der Waals surface area contributed by atoms with Gasteiger partial charge in [-0.15, -0.1) is 0 Å². The fraction of sp³-hybridized carbons (Fsp3) is 0.300. The molecule has 0 fully saturated rings. The fourth-order valence-electron chi connectivity index (χ4n) is 1.28. The molecular weight excluding hydrogens is 259 g/mol. The van der Waals surface area contributed by atoms with E-state index in [1.54, 1.807) is 0 Å². The SMILES string of the molecule is CN(CC(F)(F)F)c1ccc(C(=O)O)c(Cl)c1. The molecule has 1 rings (SSSR count). The molecule has 17 heavy (non-hydrogen) atoms. The first-order valence-corrected chi connectivity index (χ1v) is 4.89. The van der Waals surface area contributed by atoms with Gasteiger partial charge in [-0.3, -0.25) is 0 Å². The lowest BCUT2D eigenvalue weighted by Crippen LogP contribution is -2.30. The molecule has 0 unspecified atom stereocenters. The first-order valence-electron chi connectivity index (χ1n) is 4.51. The minimum atomic E-state index is -4.33. The van der Waals surface area contributed by atoms with Crippen LogP contribution in [0.1, 0.15) is 10.4 Å². The molecule has 3 nitrogen and oxygen atoms in total. The average molecular weight is 268 g/mol. The van der Waals surface area contributed by atoms with E-state index >= 15 is 0 Å². The number of benzene rings is 1. The minimum absolute atomic E-state index is 0.0935. The van der Waals surface area contributed by atoms with Gasteiger partial charge in [-0.2, -0.15) is 13.2 Å². The number of nitrogens with zero attached hydrogens (tertiary/aromatic N) is 1. The summed E-state index contributed by atoms with van der Waals surface area (Å²) in [6, 6.07) is 3.64. The number of hydrogen-bond acceptors (Lipinski definition) is 2. The molecule has 0 saturated carbocycles. The second-order valence-electron chi connectivity index (χ2n) is 3.44. The standard InChI is InChI=1S/C10H9ClF3NO2/c1-15(5-10(12,13)14)6-2-3-7(9(16)17)8(11)4-6/h2-4H,5H2,1H3,(H,16,17). The van der Waals surface area contributed by atoms with Crippen LogP contribution in [0.15, 0.2) is 18.2 Å². The summed E-state index contributed by atoms with van der Waals surface area (Å²) in [7, 11) is 1.25. The Balaban J connectivity index is 2.94.